The Morgan fingerprint density at radius 2 is 1.61 bits per heavy atom. The van der Waals surface area contributed by atoms with Gasteiger partial charge in [0.15, 0.2) is 0 Å². The predicted molar refractivity (Wildman–Crippen MR) is 96.1 cm³/mol. The van der Waals surface area contributed by atoms with Gasteiger partial charge in [0.25, 0.3) is 0 Å². The molecular formula is C18H21Cl2NO2. The van der Waals surface area contributed by atoms with Gasteiger partial charge < -0.3 is 15.2 Å². The second kappa shape index (κ2) is 8.44. The van der Waals surface area contributed by atoms with Gasteiger partial charge in [-0.05, 0) is 73.8 Å². The summed E-state index contributed by atoms with van der Waals surface area (Å²) in [5.74, 6) is 1.60. The number of ether oxygens (including phenoxy) is 2. The summed E-state index contributed by atoms with van der Waals surface area (Å²) in [4.78, 5) is 0. The van der Waals surface area contributed by atoms with Crippen LogP contribution in [0, 0.1) is 13.8 Å². The number of aryl methyl sites for hydroxylation is 2. The molecule has 0 fully saturated rings. The van der Waals surface area contributed by atoms with Crippen LogP contribution in [-0.2, 0) is 6.42 Å². The van der Waals surface area contributed by atoms with Gasteiger partial charge in [0, 0.05) is 10.0 Å². The van der Waals surface area contributed by atoms with E-state index in [1.807, 2.05) is 44.2 Å². The third kappa shape index (κ3) is 5.03. The Hall–Kier alpha value is -1.42. The lowest BCUT2D eigenvalue weighted by atomic mass is 10.1. The minimum absolute atomic E-state index is 0.444. The average Bonchev–Trinajstić information content (AvgIpc) is 2.51. The van der Waals surface area contributed by atoms with Gasteiger partial charge in [-0.3, -0.25) is 0 Å². The van der Waals surface area contributed by atoms with Crippen molar-refractivity contribution in [1.29, 1.82) is 0 Å². The molecule has 0 aliphatic heterocycles. The summed E-state index contributed by atoms with van der Waals surface area (Å²) in [6.07, 6.45) is 0.728. The largest absolute Gasteiger partial charge is 0.490 e. The summed E-state index contributed by atoms with van der Waals surface area (Å²) in [6, 6.07) is 9.42. The van der Waals surface area contributed by atoms with Crippen LogP contribution in [0.4, 0.5) is 0 Å². The van der Waals surface area contributed by atoms with Crippen molar-refractivity contribution in [3.63, 3.8) is 0 Å². The average molecular weight is 354 g/mol. The maximum atomic E-state index is 6.15. The first-order valence-electron chi connectivity index (χ1n) is 7.52. The van der Waals surface area contributed by atoms with Gasteiger partial charge in [0.1, 0.15) is 24.7 Å². The number of rotatable bonds is 7. The Bertz CT molecular complexity index is 651. The lowest BCUT2D eigenvalue weighted by Gasteiger charge is -2.13. The summed E-state index contributed by atoms with van der Waals surface area (Å²) < 4.78 is 11.5. The van der Waals surface area contributed by atoms with Crippen LogP contribution in [0.3, 0.4) is 0 Å². The zero-order chi connectivity index (χ0) is 16.8. The van der Waals surface area contributed by atoms with E-state index in [4.69, 9.17) is 38.4 Å². The highest BCUT2D eigenvalue weighted by Gasteiger charge is 2.06. The molecule has 23 heavy (non-hydrogen) atoms. The van der Waals surface area contributed by atoms with Crippen LogP contribution in [0.15, 0.2) is 30.3 Å². The molecule has 0 aliphatic carbocycles. The molecule has 0 aliphatic rings. The molecule has 0 heterocycles. The smallest absolute Gasteiger partial charge is 0.122 e. The molecular weight excluding hydrogens is 333 g/mol. The summed E-state index contributed by atoms with van der Waals surface area (Å²) in [5, 5.41) is 1.46. The van der Waals surface area contributed by atoms with Crippen LogP contribution in [0.5, 0.6) is 11.5 Å². The normalized spacial score (nSPS) is 10.7. The van der Waals surface area contributed by atoms with Crippen molar-refractivity contribution in [1.82, 2.24) is 0 Å². The summed E-state index contributed by atoms with van der Waals surface area (Å²) in [6.45, 7) is 5.37. The number of benzene rings is 2. The van der Waals surface area contributed by atoms with E-state index >= 15 is 0 Å². The number of hydrogen-bond acceptors (Lipinski definition) is 3. The number of hydrogen-bond donors (Lipinski definition) is 1. The highest BCUT2D eigenvalue weighted by Crippen LogP contribution is 2.26. The molecule has 0 unspecified atom stereocenters. The van der Waals surface area contributed by atoms with Gasteiger partial charge >= 0.3 is 0 Å². The Balaban J connectivity index is 1.91. The molecule has 0 saturated carbocycles. The fourth-order valence-corrected chi connectivity index (χ4v) is 2.64. The SMILES string of the molecule is Cc1cc(OCCOc2ccc(Cl)cc2CCN)cc(C)c1Cl. The van der Waals surface area contributed by atoms with E-state index in [0.29, 0.717) is 24.8 Å². The van der Waals surface area contributed by atoms with Crippen LogP contribution >= 0.6 is 23.2 Å². The monoisotopic (exact) mass is 353 g/mol. The van der Waals surface area contributed by atoms with Crippen molar-refractivity contribution in [2.75, 3.05) is 19.8 Å². The van der Waals surface area contributed by atoms with Crippen LogP contribution in [0.25, 0.3) is 0 Å². The third-order valence-electron chi connectivity index (χ3n) is 3.46. The molecule has 0 amide bonds. The van der Waals surface area contributed by atoms with Gasteiger partial charge in [0.2, 0.25) is 0 Å². The molecule has 0 radical (unpaired) electrons. The summed E-state index contributed by atoms with van der Waals surface area (Å²) in [7, 11) is 0. The predicted octanol–water partition coefficient (Wildman–Crippen LogP) is 4.57. The number of halogens is 2. The van der Waals surface area contributed by atoms with E-state index in [9.17, 15) is 0 Å². The maximum Gasteiger partial charge on any atom is 0.122 e. The first-order valence-corrected chi connectivity index (χ1v) is 8.27. The van der Waals surface area contributed by atoms with Crippen LogP contribution < -0.4 is 15.2 Å². The van der Waals surface area contributed by atoms with E-state index in [1.54, 1.807) is 0 Å². The molecule has 0 atom stereocenters. The second-order valence-electron chi connectivity index (χ2n) is 5.36. The molecule has 0 bridgehead atoms. The van der Waals surface area contributed by atoms with Gasteiger partial charge in [-0.15, -0.1) is 0 Å². The van der Waals surface area contributed by atoms with Gasteiger partial charge in [-0.2, -0.15) is 0 Å². The van der Waals surface area contributed by atoms with Crippen LogP contribution in [-0.4, -0.2) is 19.8 Å². The fourth-order valence-electron chi connectivity index (χ4n) is 2.34. The third-order valence-corrected chi connectivity index (χ3v) is 4.29. The van der Waals surface area contributed by atoms with Crippen LogP contribution in [0.1, 0.15) is 16.7 Å². The highest BCUT2D eigenvalue weighted by atomic mass is 35.5. The molecule has 2 rings (SSSR count). The Labute approximate surface area is 147 Å². The zero-order valence-corrected chi connectivity index (χ0v) is 14.9. The van der Waals surface area contributed by atoms with Crippen molar-refractivity contribution in [2.24, 2.45) is 5.73 Å². The minimum atomic E-state index is 0.444. The van der Waals surface area contributed by atoms with Crippen molar-refractivity contribution in [2.45, 2.75) is 20.3 Å². The van der Waals surface area contributed by atoms with Crippen molar-refractivity contribution >= 4 is 23.2 Å². The molecule has 3 nitrogen and oxygen atoms in total. The van der Waals surface area contributed by atoms with Crippen molar-refractivity contribution in [3.8, 4) is 11.5 Å². The lowest BCUT2D eigenvalue weighted by Crippen LogP contribution is -2.11. The molecule has 0 spiro atoms. The summed E-state index contributed by atoms with van der Waals surface area (Å²) in [5.41, 5.74) is 8.64. The quantitative estimate of drug-likeness (QED) is 0.741. The Kier molecular flexibility index (Phi) is 6.58. The molecule has 0 saturated heterocycles. The van der Waals surface area contributed by atoms with Gasteiger partial charge in [-0.1, -0.05) is 23.2 Å². The minimum Gasteiger partial charge on any atom is -0.490 e. The van der Waals surface area contributed by atoms with E-state index in [0.717, 1.165) is 39.6 Å². The number of nitrogens with two attached hydrogens (primary N) is 1. The zero-order valence-electron chi connectivity index (χ0n) is 13.4. The van der Waals surface area contributed by atoms with Crippen molar-refractivity contribution in [3.05, 3.63) is 57.1 Å². The molecule has 2 aromatic carbocycles. The first-order chi connectivity index (χ1) is 11.0. The standard InChI is InChI=1S/C18H21Cl2NO2/c1-12-9-16(10-13(2)18(12)20)22-7-8-23-17-4-3-15(19)11-14(17)5-6-21/h3-4,9-11H,5-8,21H2,1-2H3. The first kappa shape index (κ1) is 17.9. The van der Waals surface area contributed by atoms with Crippen molar-refractivity contribution < 1.29 is 9.47 Å². The molecule has 5 heteroatoms. The molecule has 124 valence electrons. The van der Waals surface area contributed by atoms with E-state index in [-0.39, 0.29) is 0 Å². The van der Waals surface area contributed by atoms with E-state index in [2.05, 4.69) is 0 Å². The topological polar surface area (TPSA) is 44.5 Å². The molecule has 0 aromatic heterocycles. The second-order valence-corrected chi connectivity index (χ2v) is 6.17. The van der Waals surface area contributed by atoms with E-state index in [1.165, 1.54) is 0 Å². The molecule has 2 aromatic rings. The summed E-state index contributed by atoms with van der Waals surface area (Å²) >= 11 is 12.2. The van der Waals surface area contributed by atoms with Gasteiger partial charge in [0.05, 0.1) is 0 Å². The van der Waals surface area contributed by atoms with E-state index < -0.39 is 0 Å². The van der Waals surface area contributed by atoms with Crippen LogP contribution in [0.2, 0.25) is 10.0 Å². The Morgan fingerprint density at radius 1 is 0.957 bits per heavy atom. The molecule has 2 N–H and O–H groups in total. The lowest BCUT2D eigenvalue weighted by molar-refractivity contribution is 0.216. The maximum absolute atomic E-state index is 6.15. The van der Waals surface area contributed by atoms with Gasteiger partial charge in [-0.25, -0.2) is 0 Å². The highest BCUT2D eigenvalue weighted by molar-refractivity contribution is 6.32. The Morgan fingerprint density at radius 3 is 2.26 bits per heavy atom. The fraction of sp³-hybridized carbons (Fsp3) is 0.333.